The number of carbonyl (C=O) groups excluding carboxylic acids is 1. The topological polar surface area (TPSA) is 26.3 Å². The summed E-state index contributed by atoms with van der Waals surface area (Å²) in [5.74, 6) is -0.354. The third-order valence-corrected chi connectivity index (χ3v) is 2.88. The van der Waals surface area contributed by atoms with E-state index >= 15 is 0 Å². The summed E-state index contributed by atoms with van der Waals surface area (Å²) in [6.45, 7) is 3.75. The highest BCUT2D eigenvalue weighted by molar-refractivity contribution is 6.15. The molecule has 2 rings (SSSR count). The maximum absolute atomic E-state index is 11.3. The number of fused-ring (bicyclic) bond motifs is 1. The van der Waals surface area contributed by atoms with Crippen LogP contribution in [0.5, 0.6) is 0 Å². The van der Waals surface area contributed by atoms with Crippen molar-refractivity contribution in [2.45, 2.75) is 19.3 Å². The van der Waals surface area contributed by atoms with Gasteiger partial charge in [0.1, 0.15) is 0 Å². The SMILES string of the molecule is C=C(C(=O)OC)c1ccc2c(c1)CCC2. The van der Waals surface area contributed by atoms with Crippen LogP contribution in [-0.2, 0) is 22.4 Å². The summed E-state index contributed by atoms with van der Waals surface area (Å²) in [5, 5.41) is 0. The highest BCUT2D eigenvalue weighted by Gasteiger charge is 2.14. The van der Waals surface area contributed by atoms with Crippen LogP contribution in [0.15, 0.2) is 24.8 Å². The van der Waals surface area contributed by atoms with Gasteiger partial charge >= 0.3 is 5.97 Å². The Morgan fingerprint density at radius 1 is 1.33 bits per heavy atom. The molecule has 0 aliphatic heterocycles. The van der Waals surface area contributed by atoms with Gasteiger partial charge in [0.2, 0.25) is 0 Å². The summed E-state index contributed by atoms with van der Waals surface area (Å²) in [4.78, 5) is 11.3. The molecule has 0 bridgehead atoms. The minimum absolute atomic E-state index is 0.354. The van der Waals surface area contributed by atoms with E-state index in [9.17, 15) is 4.79 Å². The Morgan fingerprint density at radius 2 is 2.07 bits per heavy atom. The van der Waals surface area contributed by atoms with Crippen molar-refractivity contribution in [1.82, 2.24) is 0 Å². The standard InChI is InChI=1S/C13H14O2/c1-9(13(14)15-2)11-7-6-10-4-3-5-12(10)8-11/h6-8H,1,3-5H2,2H3. The second-order valence-electron chi connectivity index (χ2n) is 3.81. The van der Waals surface area contributed by atoms with E-state index < -0.39 is 0 Å². The summed E-state index contributed by atoms with van der Waals surface area (Å²) in [6, 6.07) is 6.09. The Labute approximate surface area is 89.6 Å². The van der Waals surface area contributed by atoms with E-state index in [1.165, 1.54) is 24.7 Å². The molecule has 0 fully saturated rings. The van der Waals surface area contributed by atoms with Gasteiger partial charge in [-0.3, -0.25) is 0 Å². The van der Waals surface area contributed by atoms with Crippen LogP contribution in [0, 0.1) is 0 Å². The highest BCUT2D eigenvalue weighted by atomic mass is 16.5. The van der Waals surface area contributed by atoms with Crippen molar-refractivity contribution >= 4 is 11.5 Å². The van der Waals surface area contributed by atoms with Gasteiger partial charge in [0.05, 0.1) is 12.7 Å². The first-order chi connectivity index (χ1) is 7.22. The maximum atomic E-state index is 11.3. The molecule has 1 aromatic rings. The average Bonchev–Trinajstić information content (AvgIpc) is 2.73. The predicted molar refractivity (Wildman–Crippen MR) is 59.5 cm³/mol. The van der Waals surface area contributed by atoms with Crippen LogP contribution < -0.4 is 0 Å². The van der Waals surface area contributed by atoms with E-state index in [-0.39, 0.29) is 5.97 Å². The van der Waals surface area contributed by atoms with Crippen molar-refractivity contribution in [3.05, 3.63) is 41.5 Å². The lowest BCUT2D eigenvalue weighted by atomic mass is 10.0. The van der Waals surface area contributed by atoms with Gasteiger partial charge in [-0.05, 0) is 36.0 Å². The second-order valence-corrected chi connectivity index (χ2v) is 3.81. The predicted octanol–water partition coefficient (Wildman–Crippen LogP) is 2.36. The number of aryl methyl sites for hydroxylation is 2. The molecule has 0 heterocycles. The van der Waals surface area contributed by atoms with Gasteiger partial charge in [-0.1, -0.05) is 24.8 Å². The molecular formula is C13H14O2. The van der Waals surface area contributed by atoms with Crippen molar-refractivity contribution < 1.29 is 9.53 Å². The molecule has 0 N–H and O–H groups in total. The molecule has 1 aliphatic rings. The van der Waals surface area contributed by atoms with Crippen LogP contribution in [-0.4, -0.2) is 13.1 Å². The number of carbonyl (C=O) groups is 1. The van der Waals surface area contributed by atoms with Crippen molar-refractivity contribution in [2.24, 2.45) is 0 Å². The van der Waals surface area contributed by atoms with E-state index in [0.29, 0.717) is 5.57 Å². The molecule has 0 unspecified atom stereocenters. The normalized spacial score (nSPS) is 13.4. The van der Waals surface area contributed by atoms with Crippen LogP contribution in [0.4, 0.5) is 0 Å². The summed E-state index contributed by atoms with van der Waals surface area (Å²) < 4.78 is 4.65. The van der Waals surface area contributed by atoms with Gasteiger partial charge in [0.25, 0.3) is 0 Å². The van der Waals surface area contributed by atoms with Gasteiger partial charge in [0.15, 0.2) is 0 Å². The van der Waals surface area contributed by atoms with E-state index in [0.717, 1.165) is 18.4 Å². The zero-order valence-electron chi connectivity index (χ0n) is 8.88. The Morgan fingerprint density at radius 3 is 2.80 bits per heavy atom. The number of rotatable bonds is 2. The molecule has 78 valence electrons. The summed E-state index contributed by atoms with van der Waals surface area (Å²) in [5.41, 5.74) is 4.06. The van der Waals surface area contributed by atoms with Crippen LogP contribution in [0.3, 0.4) is 0 Å². The molecule has 0 saturated carbocycles. The number of ether oxygens (including phenoxy) is 1. The van der Waals surface area contributed by atoms with Crippen molar-refractivity contribution in [3.8, 4) is 0 Å². The first-order valence-corrected chi connectivity index (χ1v) is 5.12. The Kier molecular flexibility index (Phi) is 2.58. The number of methoxy groups -OCH3 is 1. The fourth-order valence-corrected chi connectivity index (χ4v) is 2.00. The van der Waals surface area contributed by atoms with Gasteiger partial charge in [-0.15, -0.1) is 0 Å². The lowest BCUT2D eigenvalue weighted by molar-refractivity contribution is -0.133. The van der Waals surface area contributed by atoms with Crippen LogP contribution in [0.1, 0.15) is 23.1 Å². The number of hydrogen-bond acceptors (Lipinski definition) is 2. The zero-order valence-corrected chi connectivity index (χ0v) is 8.88. The molecule has 0 saturated heterocycles. The Bertz CT molecular complexity index is 419. The Hall–Kier alpha value is -1.57. The molecule has 1 aromatic carbocycles. The van der Waals surface area contributed by atoms with Crippen molar-refractivity contribution in [2.75, 3.05) is 7.11 Å². The van der Waals surface area contributed by atoms with E-state index in [1.54, 1.807) is 0 Å². The summed E-state index contributed by atoms with van der Waals surface area (Å²) in [7, 11) is 1.38. The van der Waals surface area contributed by atoms with E-state index in [1.807, 2.05) is 6.07 Å². The molecule has 15 heavy (non-hydrogen) atoms. The first kappa shape index (κ1) is 9.97. The first-order valence-electron chi connectivity index (χ1n) is 5.12. The second kappa shape index (κ2) is 3.89. The smallest absolute Gasteiger partial charge is 0.337 e. The number of esters is 1. The van der Waals surface area contributed by atoms with Crippen LogP contribution in [0.2, 0.25) is 0 Å². The molecule has 1 aliphatic carbocycles. The maximum Gasteiger partial charge on any atom is 0.337 e. The van der Waals surface area contributed by atoms with Crippen LogP contribution >= 0.6 is 0 Å². The van der Waals surface area contributed by atoms with Gasteiger partial charge in [0, 0.05) is 0 Å². The molecule has 2 heteroatoms. The molecule has 0 radical (unpaired) electrons. The third-order valence-electron chi connectivity index (χ3n) is 2.88. The van der Waals surface area contributed by atoms with Gasteiger partial charge in [-0.2, -0.15) is 0 Å². The number of hydrogen-bond donors (Lipinski definition) is 0. The number of benzene rings is 1. The monoisotopic (exact) mass is 202 g/mol. The molecule has 0 aromatic heterocycles. The molecular weight excluding hydrogens is 188 g/mol. The minimum Gasteiger partial charge on any atom is -0.465 e. The molecule has 0 atom stereocenters. The van der Waals surface area contributed by atoms with Crippen molar-refractivity contribution in [1.29, 1.82) is 0 Å². The largest absolute Gasteiger partial charge is 0.465 e. The third kappa shape index (κ3) is 1.80. The molecule has 2 nitrogen and oxygen atoms in total. The van der Waals surface area contributed by atoms with Gasteiger partial charge in [-0.25, -0.2) is 4.79 Å². The lowest BCUT2D eigenvalue weighted by Crippen LogP contribution is -2.03. The fourth-order valence-electron chi connectivity index (χ4n) is 2.00. The minimum atomic E-state index is -0.354. The molecule has 0 amide bonds. The fraction of sp³-hybridized carbons (Fsp3) is 0.308. The summed E-state index contributed by atoms with van der Waals surface area (Å²) >= 11 is 0. The molecule has 0 spiro atoms. The lowest BCUT2D eigenvalue weighted by Gasteiger charge is -2.06. The Balaban J connectivity index is 2.30. The van der Waals surface area contributed by atoms with Gasteiger partial charge < -0.3 is 4.74 Å². The quantitative estimate of drug-likeness (QED) is 0.543. The van der Waals surface area contributed by atoms with Crippen molar-refractivity contribution in [3.63, 3.8) is 0 Å². The zero-order chi connectivity index (χ0) is 10.8. The summed E-state index contributed by atoms with van der Waals surface area (Å²) in [6.07, 6.45) is 3.47. The average molecular weight is 202 g/mol. The van der Waals surface area contributed by atoms with E-state index in [4.69, 9.17) is 0 Å². The highest BCUT2D eigenvalue weighted by Crippen LogP contribution is 2.25. The van der Waals surface area contributed by atoms with E-state index in [2.05, 4.69) is 23.4 Å². The van der Waals surface area contributed by atoms with Crippen LogP contribution in [0.25, 0.3) is 5.57 Å².